The lowest BCUT2D eigenvalue weighted by Gasteiger charge is -2.35. The van der Waals surface area contributed by atoms with E-state index in [4.69, 9.17) is 11.6 Å². The van der Waals surface area contributed by atoms with Gasteiger partial charge >= 0.3 is 0 Å². The van der Waals surface area contributed by atoms with Crippen LogP contribution >= 0.6 is 11.6 Å². The first-order valence-electron chi connectivity index (χ1n) is 13.3. The number of carbonyl (C=O) groups is 1. The van der Waals surface area contributed by atoms with E-state index in [1.807, 2.05) is 30.0 Å². The number of nitrogens with zero attached hydrogens (tertiary/aromatic N) is 3. The molecule has 206 valence electrons. The average Bonchev–Trinajstić information content (AvgIpc) is 2.97. The normalized spacial score (nSPS) is 14.2. The number of hydrogen-bond acceptors (Lipinski definition) is 4. The fourth-order valence-electron chi connectivity index (χ4n) is 4.89. The number of para-hydroxylation sites is 1. The molecule has 1 heterocycles. The number of benzene rings is 4. The van der Waals surface area contributed by atoms with Gasteiger partial charge < -0.3 is 4.90 Å². The fraction of sp³-hybridized carbons (Fsp3) is 0.219. The lowest BCUT2D eigenvalue weighted by Crippen LogP contribution is -2.48. The molecule has 0 saturated carbocycles. The standard InChI is InChI=1S/C32H32ClN3O3S/c1-25-11-17-29(18-12-25)40(38,39)36(24-27-13-15-28(33)16-14-27)31-10-6-5-9-30(31)32(37)35-21-19-34(20-22-35)23-26-7-3-2-4-8-26/h2-18H,19-24H2,1H3. The first-order valence-corrected chi connectivity index (χ1v) is 15.1. The summed E-state index contributed by atoms with van der Waals surface area (Å²) < 4.78 is 29.4. The van der Waals surface area contributed by atoms with Crippen molar-refractivity contribution in [3.05, 3.63) is 130 Å². The van der Waals surface area contributed by atoms with E-state index >= 15 is 0 Å². The van der Waals surface area contributed by atoms with Crippen LogP contribution in [0.1, 0.15) is 27.0 Å². The molecule has 1 saturated heterocycles. The Kier molecular flexibility index (Phi) is 8.54. The zero-order chi connectivity index (χ0) is 28.1. The zero-order valence-corrected chi connectivity index (χ0v) is 24.0. The first kappa shape index (κ1) is 27.9. The van der Waals surface area contributed by atoms with Crippen molar-refractivity contribution in [2.45, 2.75) is 24.9 Å². The molecule has 8 heteroatoms. The largest absolute Gasteiger partial charge is 0.336 e. The van der Waals surface area contributed by atoms with Crippen LogP contribution in [0.15, 0.2) is 108 Å². The highest BCUT2D eigenvalue weighted by Gasteiger charge is 2.31. The van der Waals surface area contributed by atoms with Gasteiger partial charge in [0.25, 0.3) is 15.9 Å². The van der Waals surface area contributed by atoms with Crippen molar-refractivity contribution in [1.82, 2.24) is 9.80 Å². The van der Waals surface area contributed by atoms with Crippen molar-refractivity contribution in [2.24, 2.45) is 0 Å². The molecule has 0 radical (unpaired) electrons. The summed E-state index contributed by atoms with van der Waals surface area (Å²) in [5, 5.41) is 0.568. The van der Waals surface area contributed by atoms with Crippen LogP contribution in [-0.2, 0) is 23.1 Å². The summed E-state index contributed by atoms with van der Waals surface area (Å²) in [4.78, 5) is 18.2. The number of amides is 1. The first-order chi connectivity index (χ1) is 19.3. The predicted octanol–water partition coefficient (Wildman–Crippen LogP) is 6.00. The van der Waals surface area contributed by atoms with Crippen molar-refractivity contribution in [1.29, 1.82) is 0 Å². The molecule has 0 aromatic heterocycles. The quantitative estimate of drug-likeness (QED) is 0.259. The highest BCUT2D eigenvalue weighted by atomic mass is 35.5. The molecule has 0 N–H and O–H groups in total. The number of sulfonamides is 1. The Labute approximate surface area is 241 Å². The number of rotatable bonds is 8. The van der Waals surface area contributed by atoms with Crippen LogP contribution in [0.5, 0.6) is 0 Å². The molecule has 1 aliphatic heterocycles. The summed E-state index contributed by atoms with van der Waals surface area (Å²) in [6.45, 7) is 5.45. The molecular formula is C32H32ClN3O3S. The topological polar surface area (TPSA) is 60.9 Å². The van der Waals surface area contributed by atoms with Gasteiger partial charge in [-0.2, -0.15) is 0 Å². The van der Waals surface area contributed by atoms with Gasteiger partial charge in [0.15, 0.2) is 0 Å². The Morgan fingerprint density at radius 1 is 0.775 bits per heavy atom. The predicted molar refractivity (Wildman–Crippen MR) is 160 cm³/mol. The van der Waals surface area contributed by atoms with Gasteiger partial charge in [-0.3, -0.25) is 14.0 Å². The maximum absolute atomic E-state index is 14.1. The molecule has 6 nitrogen and oxygen atoms in total. The summed E-state index contributed by atoms with van der Waals surface area (Å²) in [7, 11) is -3.99. The van der Waals surface area contributed by atoms with E-state index in [0.717, 1.165) is 30.8 Å². The van der Waals surface area contributed by atoms with Gasteiger partial charge in [-0.15, -0.1) is 0 Å². The van der Waals surface area contributed by atoms with Crippen LogP contribution < -0.4 is 4.31 Å². The van der Waals surface area contributed by atoms with Gasteiger partial charge in [0.05, 0.1) is 22.7 Å². The third-order valence-electron chi connectivity index (χ3n) is 7.16. The highest BCUT2D eigenvalue weighted by molar-refractivity contribution is 7.92. The van der Waals surface area contributed by atoms with E-state index in [1.165, 1.54) is 9.87 Å². The lowest BCUT2D eigenvalue weighted by atomic mass is 10.1. The molecule has 4 aromatic carbocycles. The average molecular weight is 574 g/mol. The fourth-order valence-corrected chi connectivity index (χ4v) is 6.48. The third kappa shape index (κ3) is 6.39. The molecule has 5 rings (SSSR count). The molecule has 0 aliphatic carbocycles. The molecule has 1 fully saturated rings. The van der Waals surface area contributed by atoms with E-state index in [0.29, 0.717) is 29.4 Å². The lowest BCUT2D eigenvalue weighted by molar-refractivity contribution is 0.0629. The molecule has 1 aliphatic rings. The van der Waals surface area contributed by atoms with E-state index < -0.39 is 10.0 Å². The molecule has 0 bridgehead atoms. The maximum atomic E-state index is 14.1. The smallest absolute Gasteiger partial charge is 0.264 e. The van der Waals surface area contributed by atoms with Gasteiger partial charge in [0.1, 0.15) is 0 Å². The number of carbonyl (C=O) groups excluding carboxylic acids is 1. The van der Waals surface area contributed by atoms with Crippen LogP contribution in [0.4, 0.5) is 5.69 Å². The minimum Gasteiger partial charge on any atom is -0.336 e. The van der Waals surface area contributed by atoms with Crippen LogP contribution in [0.2, 0.25) is 5.02 Å². The number of anilines is 1. The van der Waals surface area contributed by atoms with E-state index in [-0.39, 0.29) is 17.3 Å². The van der Waals surface area contributed by atoms with Crippen molar-refractivity contribution < 1.29 is 13.2 Å². The molecule has 0 spiro atoms. The molecule has 40 heavy (non-hydrogen) atoms. The number of hydrogen-bond donors (Lipinski definition) is 0. The molecule has 0 unspecified atom stereocenters. The second-order valence-electron chi connectivity index (χ2n) is 10.0. The summed E-state index contributed by atoms with van der Waals surface area (Å²) in [6, 6.07) is 31.1. The Morgan fingerprint density at radius 3 is 2.08 bits per heavy atom. The maximum Gasteiger partial charge on any atom is 0.264 e. The Bertz CT molecular complexity index is 1550. The van der Waals surface area contributed by atoms with Crippen molar-refractivity contribution >= 4 is 33.2 Å². The van der Waals surface area contributed by atoms with Crippen LogP contribution in [0.3, 0.4) is 0 Å². The summed E-state index contributed by atoms with van der Waals surface area (Å²) in [5.41, 5.74) is 3.69. The van der Waals surface area contributed by atoms with Crippen LogP contribution in [0, 0.1) is 6.92 Å². The van der Waals surface area contributed by atoms with Gasteiger partial charge in [0.2, 0.25) is 0 Å². The van der Waals surface area contributed by atoms with E-state index in [1.54, 1.807) is 72.8 Å². The number of piperazine rings is 1. The molecule has 4 aromatic rings. The summed E-state index contributed by atoms with van der Waals surface area (Å²) >= 11 is 6.09. The van der Waals surface area contributed by atoms with Crippen molar-refractivity contribution in [3.63, 3.8) is 0 Å². The van der Waals surface area contributed by atoms with Gasteiger partial charge in [0, 0.05) is 37.7 Å². The minimum absolute atomic E-state index is 0.0581. The van der Waals surface area contributed by atoms with Crippen molar-refractivity contribution in [2.75, 3.05) is 30.5 Å². The molecule has 1 amide bonds. The highest BCUT2D eigenvalue weighted by Crippen LogP contribution is 2.31. The van der Waals surface area contributed by atoms with Gasteiger partial charge in [-0.25, -0.2) is 8.42 Å². The Morgan fingerprint density at radius 2 is 1.40 bits per heavy atom. The molecular weight excluding hydrogens is 542 g/mol. The minimum atomic E-state index is -3.99. The Balaban J connectivity index is 1.43. The van der Waals surface area contributed by atoms with E-state index in [9.17, 15) is 13.2 Å². The van der Waals surface area contributed by atoms with Crippen molar-refractivity contribution in [3.8, 4) is 0 Å². The SMILES string of the molecule is Cc1ccc(S(=O)(=O)N(Cc2ccc(Cl)cc2)c2ccccc2C(=O)N2CCN(Cc3ccccc3)CC2)cc1. The number of halogens is 1. The number of aryl methyl sites for hydroxylation is 1. The van der Waals surface area contributed by atoms with Crippen LogP contribution in [0.25, 0.3) is 0 Å². The third-order valence-corrected chi connectivity index (χ3v) is 9.19. The van der Waals surface area contributed by atoms with Crippen LogP contribution in [-0.4, -0.2) is 50.3 Å². The van der Waals surface area contributed by atoms with Gasteiger partial charge in [-0.05, 0) is 54.4 Å². The second kappa shape index (κ2) is 12.3. The second-order valence-corrected chi connectivity index (χ2v) is 12.3. The summed E-state index contributed by atoms with van der Waals surface area (Å²) in [6.07, 6.45) is 0. The van der Waals surface area contributed by atoms with Gasteiger partial charge in [-0.1, -0.05) is 83.9 Å². The summed E-state index contributed by atoms with van der Waals surface area (Å²) in [5.74, 6) is -0.171. The molecule has 0 atom stereocenters. The zero-order valence-electron chi connectivity index (χ0n) is 22.4. The Hall–Kier alpha value is -3.65. The van der Waals surface area contributed by atoms with E-state index in [2.05, 4.69) is 17.0 Å². The monoisotopic (exact) mass is 573 g/mol.